The van der Waals surface area contributed by atoms with Crippen LogP contribution in [0.5, 0.6) is 0 Å². The van der Waals surface area contributed by atoms with Gasteiger partial charge in [-0.15, -0.1) is 0 Å². The van der Waals surface area contributed by atoms with E-state index in [1.165, 1.54) is 17.3 Å². The smallest absolute Gasteiger partial charge is 0.283 e. The average molecular weight is 460 g/mol. The van der Waals surface area contributed by atoms with Gasteiger partial charge >= 0.3 is 0 Å². The molecule has 2 aromatic carbocycles. The summed E-state index contributed by atoms with van der Waals surface area (Å²) >= 11 is 1.34. The molecule has 1 aliphatic rings. The Hall–Kier alpha value is -3.72. The van der Waals surface area contributed by atoms with Crippen LogP contribution in [0.15, 0.2) is 59.2 Å². The largest absolute Gasteiger partial charge is 0.368 e. The molecule has 9 heteroatoms. The number of carbonyl (C=O) groups excluding carboxylic acids is 1. The number of thioether (sulfide) groups is 1. The molecule has 0 fully saturated rings. The number of amidine groups is 1. The van der Waals surface area contributed by atoms with Gasteiger partial charge in [-0.25, -0.2) is 4.99 Å². The van der Waals surface area contributed by atoms with Gasteiger partial charge in [-0.05, 0) is 42.2 Å². The van der Waals surface area contributed by atoms with Crippen LogP contribution < -0.4 is 16.4 Å². The normalized spacial score (nSPS) is 14.9. The van der Waals surface area contributed by atoms with E-state index in [-0.39, 0.29) is 17.8 Å². The third-order valence-corrected chi connectivity index (χ3v) is 6.01. The van der Waals surface area contributed by atoms with Crippen molar-refractivity contribution in [3.05, 3.63) is 76.7 Å². The van der Waals surface area contributed by atoms with Crippen molar-refractivity contribution < 1.29 is 4.79 Å². The number of hydrogen-bond donors (Lipinski definition) is 2. The van der Waals surface area contributed by atoms with E-state index in [1.807, 2.05) is 43.3 Å². The van der Waals surface area contributed by atoms with Crippen LogP contribution in [0.2, 0.25) is 0 Å². The quantitative estimate of drug-likeness (QED) is 0.549. The summed E-state index contributed by atoms with van der Waals surface area (Å²) in [6, 6.07) is 15.9. The zero-order valence-corrected chi connectivity index (χ0v) is 19.5. The molecule has 168 valence electrons. The van der Waals surface area contributed by atoms with Gasteiger partial charge in [0.05, 0.1) is 11.4 Å². The molecule has 0 spiro atoms. The molecule has 0 aliphatic carbocycles. The highest BCUT2D eigenvalue weighted by Gasteiger charge is 2.32. The number of hydrogen-bond acceptors (Lipinski definition) is 8. The standard InChI is InChI=1S/C24H25N7OS/c1-14(2)17-8-6-16(7-9-17)12-19-21(32)31(18-10-4-15(3)5-11-18)24(27-19)33-13-20-28-22(25)30-23(26)29-20/h4-12,14H,13H2,1-3H3,(H4,25,26,28,29,30)/b19-12-. The van der Waals surface area contributed by atoms with E-state index in [1.54, 1.807) is 11.0 Å². The minimum Gasteiger partial charge on any atom is -0.368 e. The van der Waals surface area contributed by atoms with Gasteiger partial charge in [0.2, 0.25) is 11.9 Å². The van der Waals surface area contributed by atoms with Crippen molar-refractivity contribution in [1.29, 1.82) is 0 Å². The van der Waals surface area contributed by atoms with Crippen molar-refractivity contribution in [3.63, 3.8) is 0 Å². The summed E-state index contributed by atoms with van der Waals surface area (Å²) in [5.41, 5.74) is 15.7. The highest BCUT2D eigenvalue weighted by molar-refractivity contribution is 8.13. The number of carbonyl (C=O) groups is 1. The summed E-state index contributed by atoms with van der Waals surface area (Å²) in [6.45, 7) is 6.30. The van der Waals surface area contributed by atoms with E-state index in [9.17, 15) is 4.79 Å². The van der Waals surface area contributed by atoms with Gasteiger partial charge in [-0.1, -0.05) is 67.6 Å². The number of aryl methyl sites for hydroxylation is 1. The third-order valence-electron chi connectivity index (χ3n) is 5.07. The maximum Gasteiger partial charge on any atom is 0.283 e. The van der Waals surface area contributed by atoms with Gasteiger partial charge in [0.25, 0.3) is 5.91 Å². The predicted octanol–water partition coefficient (Wildman–Crippen LogP) is 4.14. The molecule has 8 nitrogen and oxygen atoms in total. The fourth-order valence-corrected chi connectivity index (χ4v) is 4.17. The molecule has 0 saturated carbocycles. The van der Waals surface area contributed by atoms with Crippen LogP contribution in [0, 0.1) is 6.92 Å². The first-order valence-corrected chi connectivity index (χ1v) is 11.5. The maximum atomic E-state index is 13.3. The van der Waals surface area contributed by atoms with Crippen LogP contribution in [0.4, 0.5) is 17.6 Å². The monoisotopic (exact) mass is 459 g/mol. The summed E-state index contributed by atoms with van der Waals surface area (Å²) in [4.78, 5) is 31.6. The lowest BCUT2D eigenvalue weighted by Crippen LogP contribution is -2.30. The SMILES string of the molecule is Cc1ccc(N2C(=O)/C(=C/c3ccc(C(C)C)cc3)N=C2SCc2nc(N)nc(N)n2)cc1. The molecule has 1 amide bonds. The van der Waals surface area contributed by atoms with Crippen LogP contribution in [-0.2, 0) is 10.5 Å². The zero-order chi connectivity index (χ0) is 23.5. The van der Waals surface area contributed by atoms with Crippen molar-refractivity contribution in [2.45, 2.75) is 32.4 Å². The number of nitrogens with two attached hydrogens (primary N) is 2. The Morgan fingerprint density at radius 3 is 2.21 bits per heavy atom. The summed E-state index contributed by atoms with van der Waals surface area (Å²) in [5, 5.41) is 0.534. The van der Waals surface area contributed by atoms with E-state index in [2.05, 4.69) is 45.9 Å². The third kappa shape index (κ3) is 5.20. The summed E-state index contributed by atoms with van der Waals surface area (Å²) in [6.07, 6.45) is 1.81. The Morgan fingerprint density at radius 1 is 0.970 bits per heavy atom. The summed E-state index contributed by atoms with van der Waals surface area (Å²) in [7, 11) is 0. The van der Waals surface area contributed by atoms with Crippen molar-refractivity contribution in [2.24, 2.45) is 4.99 Å². The number of benzene rings is 2. The number of rotatable bonds is 5. The minimum atomic E-state index is -0.191. The molecule has 0 unspecified atom stereocenters. The first kappa shape index (κ1) is 22.5. The van der Waals surface area contributed by atoms with Crippen molar-refractivity contribution >= 4 is 46.5 Å². The second-order valence-electron chi connectivity index (χ2n) is 7.98. The van der Waals surface area contributed by atoms with Crippen LogP contribution in [0.1, 0.15) is 42.3 Å². The fraction of sp³-hybridized carbons (Fsp3) is 0.208. The number of aromatic nitrogens is 3. The van der Waals surface area contributed by atoms with E-state index >= 15 is 0 Å². The molecule has 0 bridgehead atoms. The molecule has 0 radical (unpaired) electrons. The highest BCUT2D eigenvalue weighted by Crippen LogP contribution is 2.31. The number of amides is 1. The molecular weight excluding hydrogens is 434 g/mol. The second kappa shape index (κ2) is 9.41. The molecule has 1 aromatic heterocycles. The van der Waals surface area contributed by atoms with E-state index in [0.717, 1.165) is 16.8 Å². The lowest BCUT2D eigenvalue weighted by Gasteiger charge is -2.17. The van der Waals surface area contributed by atoms with Crippen molar-refractivity contribution in [3.8, 4) is 0 Å². The van der Waals surface area contributed by atoms with Gasteiger partial charge in [0.1, 0.15) is 11.5 Å². The molecule has 3 aromatic rings. The van der Waals surface area contributed by atoms with Gasteiger partial charge in [-0.2, -0.15) is 15.0 Å². The Labute approximate surface area is 196 Å². The highest BCUT2D eigenvalue weighted by atomic mass is 32.2. The van der Waals surface area contributed by atoms with Gasteiger partial charge in [-0.3, -0.25) is 9.69 Å². The van der Waals surface area contributed by atoms with Gasteiger partial charge in [0.15, 0.2) is 5.17 Å². The first-order valence-electron chi connectivity index (χ1n) is 10.5. The average Bonchev–Trinajstić information content (AvgIpc) is 3.07. The van der Waals surface area contributed by atoms with Crippen LogP contribution in [-0.4, -0.2) is 26.0 Å². The number of nitrogen functional groups attached to an aromatic ring is 2. The molecule has 1 aliphatic heterocycles. The maximum absolute atomic E-state index is 13.3. The Morgan fingerprint density at radius 2 is 1.61 bits per heavy atom. The number of anilines is 3. The predicted molar refractivity (Wildman–Crippen MR) is 135 cm³/mol. The summed E-state index contributed by atoms with van der Waals surface area (Å²) < 4.78 is 0. The van der Waals surface area contributed by atoms with Crippen LogP contribution in [0.25, 0.3) is 6.08 Å². The van der Waals surface area contributed by atoms with Crippen molar-refractivity contribution in [1.82, 2.24) is 15.0 Å². The molecule has 4 N–H and O–H groups in total. The molecule has 4 rings (SSSR count). The van der Waals surface area contributed by atoms with Gasteiger partial charge < -0.3 is 11.5 Å². The Kier molecular flexibility index (Phi) is 6.41. The fourth-order valence-electron chi connectivity index (χ4n) is 3.30. The van der Waals surface area contributed by atoms with Crippen molar-refractivity contribution in [2.75, 3.05) is 16.4 Å². The lowest BCUT2D eigenvalue weighted by molar-refractivity contribution is -0.113. The topological polar surface area (TPSA) is 123 Å². The molecule has 0 atom stereocenters. The molecule has 0 saturated heterocycles. The van der Waals surface area contributed by atoms with Crippen LogP contribution in [0.3, 0.4) is 0 Å². The Balaban J connectivity index is 1.65. The lowest BCUT2D eigenvalue weighted by atomic mass is 10.0. The number of aliphatic imine (C=N–C) groups is 1. The van der Waals surface area contributed by atoms with E-state index < -0.39 is 0 Å². The zero-order valence-electron chi connectivity index (χ0n) is 18.7. The molecular formula is C24H25N7OS. The first-order chi connectivity index (χ1) is 15.8. The molecule has 2 heterocycles. The second-order valence-corrected chi connectivity index (χ2v) is 8.92. The van der Waals surface area contributed by atoms with E-state index in [4.69, 9.17) is 11.5 Å². The summed E-state index contributed by atoms with van der Waals surface area (Å²) in [5.74, 6) is 1.12. The number of nitrogens with zero attached hydrogens (tertiary/aromatic N) is 5. The minimum absolute atomic E-state index is 0.0587. The van der Waals surface area contributed by atoms with Crippen LogP contribution >= 0.6 is 11.8 Å². The van der Waals surface area contributed by atoms with E-state index in [0.29, 0.717) is 28.4 Å². The van der Waals surface area contributed by atoms with Gasteiger partial charge in [0, 0.05) is 0 Å². The molecule has 33 heavy (non-hydrogen) atoms. The Bertz CT molecular complexity index is 1210.